The number of hydrogen-bond donors (Lipinski definition) is 3. The first-order valence-electron chi connectivity index (χ1n) is 11.7. The first-order chi connectivity index (χ1) is 13.9. The largest absolute Gasteiger partial charge is 0.481 e. The lowest BCUT2D eigenvalue weighted by molar-refractivity contribution is -0.141. The standard InChI is InChI=1S/C24H40N2O4/c1-16(2)7-17(8-21(29)30)12-25-19(27)5-6-20(28)26-24-11-18-9-22(3,14-24)13-23(4,10-18)15-24/h16-18H,5-15H2,1-4H3,(H,25,27)(H,26,28)(H,29,30)/t17-,18?,22?,23?,24?/m0/s1. The summed E-state index contributed by atoms with van der Waals surface area (Å²) >= 11 is 0. The molecule has 4 fully saturated rings. The Labute approximate surface area is 180 Å². The average Bonchev–Trinajstić information content (AvgIpc) is 2.53. The van der Waals surface area contributed by atoms with Crippen molar-refractivity contribution in [1.29, 1.82) is 0 Å². The molecule has 0 aromatic carbocycles. The van der Waals surface area contributed by atoms with Crippen molar-refractivity contribution in [2.24, 2.45) is 28.6 Å². The Balaban J connectivity index is 1.45. The van der Waals surface area contributed by atoms with Crippen LogP contribution in [0.25, 0.3) is 0 Å². The van der Waals surface area contributed by atoms with E-state index in [1.165, 1.54) is 19.3 Å². The van der Waals surface area contributed by atoms with Crippen LogP contribution in [0.2, 0.25) is 0 Å². The predicted octanol–water partition coefficient (Wildman–Crippen LogP) is 3.89. The molecule has 0 heterocycles. The van der Waals surface area contributed by atoms with Gasteiger partial charge >= 0.3 is 5.97 Å². The molecule has 30 heavy (non-hydrogen) atoms. The van der Waals surface area contributed by atoms with E-state index in [-0.39, 0.29) is 42.5 Å². The van der Waals surface area contributed by atoms with E-state index in [1.54, 1.807) is 0 Å². The minimum absolute atomic E-state index is 0.0245. The van der Waals surface area contributed by atoms with Crippen LogP contribution in [0.1, 0.15) is 91.9 Å². The first-order valence-corrected chi connectivity index (χ1v) is 11.7. The van der Waals surface area contributed by atoms with Gasteiger partial charge in [-0.15, -0.1) is 0 Å². The van der Waals surface area contributed by atoms with Gasteiger partial charge in [0, 0.05) is 31.3 Å². The Kier molecular flexibility index (Phi) is 6.54. The molecule has 4 aliphatic carbocycles. The van der Waals surface area contributed by atoms with Crippen LogP contribution >= 0.6 is 0 Å². The van der Waals surface area contributed by atoms with Crippen molar-refractivity contribution in [3.05, 3.63) is 0 Å². The summed E-state index contributed by atoms with van der Waals surface area (Å²) in [6.45, 7) is 9.22. The van der Waals surface area contributed by atoms with Crippen LogP contribution in [-0.2, 0) is 14.4 Å². The lowest BCUT2D eigenvalue weighted by Gasteiger charge is -2.65. The number of carboxylic acid groups (broad SMARTS) is 1. The number of hydrogen-bond acceptors (Lipinski definition) is 3. The lowest BCUT2D eigenvalue weighted by atomic mass is 9.43. The SMILES string of the molecule is CC(C)C[C@H](CNC(=O)CCC(=O)NC12CC3CC(C)(CC(C)(C3)C1)C2)CC(=O)O. The molecule has 170 valence electrons. The Morgan fingerprint density at radius 1 is 0.967 bits per heavy atom. The van der Waals surface area contributed by atoms with Crippen molar-refractivity contribution in [2.75, 3.05) is 6.54 Å². The highest BCUT2D eigenvalue weighted by atomic mass is 16.4. The quantitative estimate of drug-likeness (QED) is 0.500. The third kappa shape index (κ3) is 5.76. The van der Waals surface area contributed by atoms with Crippen LogP contribution in [0, 0.1) is 28.6 Å². The first kappa shape index (κ1) is 23.1. The van der Waals surface area contributed by atoms with Gasteiger partial charge in [0.15, 0.2) is 0 Å². The van der Waals surface area contributed by atoms with Gasteiger partial charge in [-0.3, -0.25) is 14.4 Å². The smallest absolute Gasteiger partial charge is 0.303 e. The third-order valence-corrected chi connectivity index (χ3v) is 7.47. The van der Waals surface area contributed by atoms with Crippen LogP contribution in [0.4, 0.5) is 0 Å². The van der Waals surface area contributed by atoms with Gasteiger partial charge in [-0.05, 0) is 73.5 Å². The molecule has 4 bridgehead atoms. The van der Waals surface area contributed by atoms with Crippen LogP contribution in [-0.4, -0.2) is 35.0 Å². The molecule has 3 atom stereocenters. The number of amides is 2. The van der Waals surface area contributed by atoms with Crippen LogP contribution in [0.5, 0.6) is 0 Å². The van der Waals surface area contributed by atoms with Gasteiger partial charge in [0.1, 0.15) is 0 Å². The summed E-state index contributed by atoms with van der Waals surface area (Å²) < 4.78 is 0. The molecule has 0 saturated heterocycles. The maximum absolute atomic E-state index is 12.7. The van der Waals surface area contributed by atoms with E-state index in [1.807, 2.05) is 13.8 Å². The van der Waals surface area contributed by atoms with Gasteiger partial charge in [-0.1, -0.05) is 27.7 Å². The minimum atomic E-state index is -0.841. The monoisotopic (exact) mass is 420 g/mol. The molecule has 0 aromatic rings. The molecule has 0 spiro atoms. The fraction of sp³-hybridized carbons (Fsp3) is 0.875. The molecule has 4 rings (SSSR count). The highest BCUT2D eigenvalue weighted by Gasteiger charge is 2.60. The number of aliphatic carboxylic acids is 1. The van der Waals surface area contributed by atoms with E-state index in [2.05, 4.69) is 24.5 Å². The average molecular weight is 421 g/mol. The van der Waals surface area contributed by atoms with E-state index >= 15 is 0 Å². The molecular formula is C24H40N2O4. The van der Waals surface area contributed by atoms with Crippen LogP contribution in [0.3, 0.4) is 0 Å². The van der Waals surface area contributed by atoms with Gasteiger partial charge < -0.3 is 15.7 Å². The van der Waals surface area contributed by atoms with E-state index in [0.29, 0.717) is 29.2 Å². The summed E-state index contributed by atoms with van der Waals surface area (Å²) in [4.78, 5) is 36.0. The van der Waals surface area contributed by atoms with E-state index < -0.39 is 5.97 Å². The van der Waals surface area contributed by atoms with Crippen molar-refractivity contribution >= 4 is 17.8 Å². The summed E-state index contributed by atoms with van der Waals surface area (Å²) in [5, 5.41) is 15.2. The van der Waals surface area contributed by atoms with Gasteiger partial charge in [0.25, 0.3) is 0 Å². The van der Waals surface area contributed by atoms with Crippen molar-refractivity contribution in [1.82, 2.24) is 10.6 Å². The molecule has 4 aliphatic rings. The van der Waals surface area contributed by atoms with E-state index in [9.17, 15) is 14.4 Å². The lowest BCUT2D eigenvalue weighted by Crippen LogP contribution is -2.65. The third-order valence-electron chi connectivity index (χ3n) is 7.47. The Bertz CT molecular complexity index is 671. The zero-order valence-electron chi connectivity index (χ0n) is 19.2. The summed E-state index contributed by atoms with van der Waals surface area (Å²) in [5.74, 6) is -0.0219. The van der Waals surface area contributed by atoms with Gasteiger partial charge in [0.05, 0.1) is 0 Å². The topological polar surface area (TPSA) is 95.5 Å². The number of nitrogens with one attached hydrogen (secondary N) is 2. The molecule has 2 amide bonds. The molecule has 0 aromatic heterocycles. The zero-order chi connectivity index (χ0) is 22.2. The number of carboxylic acids is 1. The van der Waals surface area contributed by atoms with Gasteiger partial charge in [-0.25, -0.2) is 0 Å². The minimum Gasteiger partial charge on any atom is -0.481 e. The Morgan fingerprint density at radius 3 is 2.10 bits per heavy atom. The summed E-state index contributed by atoms with van der Waals surface area (Å²) in [6, 6.07) is 0. The van der Waals surface area contributed by atoms with Gasteiger partial charge in [-0.2, -0.15) is 0 Å². The summed E-state index contributed by atoms with van der Waals surface area (Å²) in [5.41, 5.74) is 0.600. The Morgan fingerprint density at radius 2 is 1.57 bits per heavy atom. The fourth-order valence-corrected chi connectivity index (χ4v) is 7.67. The normalized spacial score (nSPS) is 35.3. The van der Waals surface area contributed by atoms with E-state index in [4.69, 9.17) is 5.11 Å². The van der Waals surface area contributed by atoms with Crippen molar-refractivity contribution in [2.45, 2.75) is 97.4 Å². The fourth-order valence-electron chi connectivity index (χ4n) is 7.67. The maximum Gasteiger partial charge on any atom is 0.303 e. The molecule has 6 nitrogen and oxygen atoms in total. The highest BCUT2D eigenvalue weighted by Crippen LogP contribution is 2.66. The predicted molar refractivity (Wildman–Crippen MR) is 116 cm³/mol. The Hall–Kier alpha value is -1.59. The highest BCUT2D eigenvalue weighted by molar-refractivity contribution is 5.84. The second-order valence-corrected chi connectivity index (χ2v) is 11.9. The number of carbonyl (C=O) groups excluding carboxylic acids is 2. The van der Waals surface area contributed by atoms with Crippen LogP contribution < -0.4 is 10.6 Å². The maximum atomic E-state index is 12.7. The van der Waals surface area contributed by atoms with Gasteiger partial charge in [0.2, 0.25) is 11.8 Å². The summed E-state index contributed by atoms with van der Waals surface area (Å²) in [7, 11) is 0. The molecule has 0 radical (unpaired) electrons. The molecule has 2 unspecified atom stereocenters. The number of carbonyl (C=O) groups is 3. The molecule has 6 heteroatoms. The summed E-state index contributed by atoms with van der Waals surface area (Å²) in [6.07, 6.45) is 8.22. The van der Waals surface area contributed by atoms with E-state index in [0.717, 1.165) is 25.7 Å². The van der Waals surface area contributed by atoms with Crippen LogP contribution in [0.15, 0.2) is 0 Å². The molecule has 3 N–H and O–H groups in total. The molecular weight excluding hydrogens is 380 g/mol. The second-order valence-electron chi connectivity index (χ2n) is 11.9. The zero-order valence-corrected chi connectivity index (χ0v) is 19.2. The number of rotatable bonds is 10. The molecule has 0 aliphatic heterocycles. The van der Waals surface area contributed by atoms with Crippen molar-refractivity contribution in [3.8, 4) is 0 Å². The second kappa shape index (κ2) is 8.51. The van der Waals surface area contributed by atoms with Crippen molar-refractivity contribution in [3.63, 3.8) is 0 Å². The molecule has 4 saturated carbocycles. The van der Waals surface area contributed by atoms with Crippen molar-refractivity contribution < 1.29 is 19.5 Å².